The molecule has 0 saturated heterocycles. The fourth-order valence-corrected chi connectivity index (χ4v) is 3.65. The van der Waals surface area contributed by atoms with Crippen LogP contribution in [0.4, 0.5) is 0 Å². The van der Waals surface area contributed by atoms with E-state index in [-0.39, 0.29) is 37.4 Å². The molecule has 0 aromatic rings. The number of aliphatic hydroxyl groups is 2. The molecule has 1 unspecified atom stereocenters. The third kappa shape index (κ3) is 24.5. The van der Waals surface area contributed by atoms with E-state index in [4.69, 9.17) is 10.2 Å². The number of ether oxygens (including phenoxy) is 1. The molecule has 1 atom stereocenters. The van der Waals surface area contributed by atoms with Gasteiger partial charge in [0.15, 0.2) is 6.10 Å². The fraction of sp³-hybridized carbons (Fsp3) is 0.920. The van der Waals surface area contributed by atoms with Crippen molar-refractivity contribution in [1.29, 1.82) is 0 Å². The molecule has 0 saturated carbocycles. The molecule has 180 valence electrons. The van der Waals surface area contributed by atoms with Crippen molar-refractivity contribution in [2.24, 2.45) is 0 Å². The Morgan fingerprint density at radius 2 is 1.00 bits per heavy atom. The van der Waals surface area contributed by atoms with Gasteiger partial charge in [-0.05, 0) is 6.42 Å². The fourth-order valence-electron chi connectivity index (χ4n) is 3.65. The summed E-state index contributed by atoms with van der Waals surface area (Å²) >= 11 is 0. The van der Waals surface area contributed by atoms with E-state index in [1.54, 1.807) is 0 Å². The van der Waals surface area contributed by atoms with Gasteiger partial charge in [0.25, 0.3) is 0 Å². The zero-order chi connectivity index (χ0) is 22.3. The minimum Gasteiger partial charge on any atom is -1.00 e. The van der Waals surface area contributed by atoms with Gasteiger partial charge in [0, 0.05) is 6.42 Å². The van der Waals surface area contributed by atoms with Crippen molar-refractivity contribution in [3.63, 3.8) is 0 Å². The molecule has 0 heterocycles. The monoisotopic (exact) mass is 452 g/mol. The molecule has 0 rings (SSSR count). The zero-order valence-corrected chi connectivity index (χ0v) is 22.5. The molecule has 0 aromatic heterocycles. The molecule has 5 nitrogen and oxygen atoms in total. The summed E-state index contributed by atoms with van der Waals surface area (Å²) < 4.78 is 4.45. The van der Waals surface area contributed by atoms with Crippen LogP contribution in [-0.2, 0) is 14.3 Å². The predicted molar refractivity (Wildman–Crippen MR) is 123 cm³/mol. The molecule has 0 aromatic carbocycles. The number of carbonyl (C=O) groups is 2. The third-order valence-corrected chi connectivity index (χ3v) is 5.64. The number of rotatable bonds is 22. The smallest absolute Gasteiger partial charge is 1.00 e. The Bertz CT molecular complexity index is 410. The van der Waals surface area contributed by atoms with Gasteiger partial charge < -0.3 is 16.4 Å². The van der Waals surface area contributed by atoms with E-state index in [1.165, 1.54) is 103 Å². The summed E-state index contributed by atoms with van der Waals surface area (Å²) in [5, 5.41) is 17.6. The van der Waals surface area contributed by atoms with Crippen LogP contribution < -0.4 is 29.6 Å². The van der Waals surface area contributed by atoms with Gasteiger partial charge in [-0.25, -0.2) is 4.79 Å². The molecule has 0 amide bonds. The normalized spacial score (nSPS) is 11.7. The van der Waals surface area contributed by atoms with Crippen LogP contribution in [0.2, 0.25) is 0 Å². The second-order valence-electron chi connectivity index (χ2n) is 8.61. The van der Waals surface area contributed by atoms with Gasteiger partial charge in [0.2, 0.25) is 0 Å². The van der Waals surface area contributed by atoms with Crippen LogP contribution in [0.1, 0.15) is 137 Å². The van der Waals surface area contributed by atoms with E-state index in [0.29, 0.717) is 6.42 Å². The Kier molecular flexibility index (Phi) is 28.2. The molecule has 6 heteroatoms. The van der Waals surface area contributed by atoms with Crippen molar-refractivity contribution < 1.29 is 55.5 Å². The van der Waals surface area contributed by atoms with Crippen LogP contribution in [-0.4, -0.2) is 34.9 Å². The molecule has 0 bridgehead atoms. The van der Waals surface area contributed by atoms with Gasteiger partial charge in [-0.15, -0.1) is 0 Å². The Labute approximate surface area is 214 Å². The summed E-state index contributed by atoms with van der Waals surface area (Å²) in [6, 6.07) is 0. The zero-order valence-electron chi connectivity index (χ0n) is 21.5. The van der Waals surface area contributed by atoms with E-state index in [2.05, 4.69) is 11.7 Å². The summed E-state index contributed by atoms with van der Waals surface area (Å²) in [5.74, 6) is -1.69. The molecule has 0 aliphatic rings. The standard InChI is InChI=1S/C25H48O5.Na.H/c1-2-3-4-5-6-7-8-9-10-11-12-13-14-15-16-17-18-19-20-21-24(28)30-25(29)23(27)22-26;;/h23,26-27H,2-22H2,1H3;;/q;+1;-1. The van der Waals surface area contributed by atoms with Gasteiger partial charge in [0.05, 0.1) is 6.61 Å². The van der Waals surface area contributed by atoms with Crippen molar-refractivity contribution in [2.75, 3.05) is 6.61 Å². The summed E-state index contributed by atoms with van der Waals surface area (Å²) in [6.07, 6.45) is 23.2. The van der Waals surface area contributed by atoms with E-state index in [0.717, 1.165) is 12.8 Å². The van der Waals surface area contributed by atoms with Crippen molar-refractivity contribution in [3.05, 3.63) is 0 Å². The van der Waals surface area contributed by atoms with Crippen molar-refractivity contribution in [1.82, 2.24) is 0 Å². The molecule has 2 N–H and O–H groups in total. The first-order valence-corrected chi connectivity index (χ1v) is 12.6. The molecule has 0 radical (unpaired) electrons. The average Bonchev–Trinajstić information content (AvgIpc) is 2.74. The quantitative estimate of drug-likeness (QED) is 0.114. The molecule has 31 heavy (non-hydrogen) atoms. The van der Waals surface area contributed by atoms with Crippen LogP contribution in [0.5, 0.6) is 0 Å². The van der Waals surface area contributed by atoms with Gasteiger partial charge in [-0.2, -0.15) is 0 Å². The number of aliphatic hydroxyl groups excluding tert-OH is 2. The molecule has 0 spiro atoms. The predicted octanol–water partition coefficient (Wildman–Crippen LogP) is 3.35. The topological polar surface area (TPSA) is 83.8 Å². The van der Waals surface area contributed by atoms with Crippen LogP contribution >= 0.6 is 0 Å². The first-order chi connectivity index (χ1) is 14.6. The van der Waals surface area contributed by atoms with Crippen molar-refractivity contribution in [3.8, 4) is 0 Å². The largest absolute Gasteiger partial charge is 1.00 e. The minimum atomic E-state index is -1.63. The maximum absolute atomic E-state index is 11.4. The third-order valence-electron chi connectivity index (χ3n) is 5.64. The SMILES string of the molecule is CCCCCCCCCCCCCCCCCCCCCC(=O)OC(=O)C(O)CO.[H-].[Na+]. The number of esters is 2. The molecular formula is C25H49NaO5. The van der Waals surface area contributed by atoms with Crippen LogP contribution in [0, 0.1) is 0 Å². The molecule has 0 aliphatic carbocycles. The molecule has 0 aliphatic heterocycles. The number of carbonyl (C=O) groups excluding carboxylic acids is 2. The Hall–Kier alpha value is 0.0600. The van der Waals surface area contributed by atoms with Gasteiger partial charge in [-0.1, -0.05) is 122 Å². The van der Waals surface area contributed by atoms with E-state index >= 15 is 0 Å². The first kappa shape index (κ1) is 33.2. The van der Waals surface area contributed by atoms with Crippen molar-refractivity contribution >= 4 is 11.9 Å². The van der Waals surface area contributed by atoms with E-state index in [1.807, 2.05) is 0 Å². The molecular weight excluding hydrogens is 403 g/mol. The maximum atomic E-state index is 11.4. The number of hydrogen-bond donors (Lipinski definition) is 2. The second-order valence-corrected chi connectivity index (χ2v) is 8.61. The summed E-state index contributed by atoms with van der Waals surface area (Å²) in [5.41, 5.74) is 0. The van der Waals surface area contributed by atoms with E-state index < -0.39 is 24.6 Å². The van der Waals surface area contributed by atoms with E-state index in [9.17, 15) is 9.59 Å². The summed E-state index contributed by atoms with van der Waals surface area (Å²) in [7, 11) is 0. The van der Waals surface area contributed by atoms with Crippen molar-refractivity contribution in [2.45, 2.75) is 141 Å². The maximum Gasteiger partial charge on any atom is 1.00 e. The summed E-state index contributed by atoms with van der Waals surface area (Å²) in [6.45, 7) is 1.54. The number of hydrogen-bond acceptors (Lipinski definition) is 5. The minimum absolute atomic E-state index is 0. The summed E-state index contributed by atoms with van der Waals surface area (Å²) in [4.78, 5) is 22.6. The van der Waals surface area contributed by atoms with Crippen LogP contribution in [0.3, 0.4) is 0 Å². The van der Waals surface area contributed by atoms with Crippen LogP contribution in [0.25, 0.3) is 0 Å². The average molecular weight is 453 g/mol. The first-order valence-electron chi connectivity index (χ1n) is 12.6. The van der Waals surface area contributed by atoms with Gasteiger partial charge in [0.1, 0.15) is 0 Å². The Morgan fingerprint density at radius 3 is 1.32 bits per heavy atom. The van der Waals surface area contributed by atoms with Crippen LogP contribution in [0.15, 0.2) is 0 Å². The van der Waals surface area contributed by atoms with Gasteiger partial charge >= 0.3 is 41.5 Å². The second kappa shape index (κ2) is 26.3. The Balaban J connectivity index is -0.00000420. The number of unbranched alkanes of at least 4 members (excludes halogenated alkanes) is 18. The Morgan fingerprint density at radius 1 is 0.677 bits per heavy atom. The van der Waals surface area contributed by atoms with Gasteiger partial charge in [-0.3, -0.25) is 4.79 Å². The molecule has 0 fully saturated rings.